The van der Waals surface area contributed by atoms with Gasteiger partial charge in [-0.2, -0.15) is 0 Å². The lowest BCUT2D eigenvalue weighted by atomic mass is 10.1. The molecule has 0 saturated carbocycles. The summed E-state index contributed by atoms with van der Waals surface area (Å²) in [6, 6.07) is 5.91. The third kappa shape index (κ3) is 4.00. The molecule has 0 fully saturated rings. The normalized spacial score (nSPS) is 17.6. The Labute approximate surface area is 125 Å². The van der Waals surface area contributed by atoms with E-state index in [0.717, 1.165) is 29.9 Å². The average molecular weight is 290 g/mol. The van der Waals surface area contributed by atoms with Crippen molar-refractivity contribution < 1.29 is 19.0 Å². The fourth-order valence-corrected chi connectivity index (χ4v) is 2.45. The summed E-state index contributed by atoms with van der Waals surface area (Å²) >= 11 is 0. The van der Waals surface area contributed by atoms with Gasteiger partial charge in [-0.25, -0.2) is 0 Å². The molecule has 4 nitrogen and oxygen atoms in total. The van der Waals surface area contributed by atoms with Crippen LogP contribution in [0.2, 0.25) is 0 Å². The Morgan fingerprint density at radius 1 is 1.29 bits per heavy atom. The van der Waals surface area contributed by atoms with E-state index in [1.165, 1.54) is 12.5 Å². The van der Waals surface area contributed by atoms with Crippen molar-refractivity contribution >= 4 is 11.5 Å². The van der Waals surface area contributed by atoms with Gasteiger partial charge in [-0.1, -0.05) is 6.07 Å². The molecule has 4 heteroatoms. The lowest BCUT2D eigenvalue weighted by molar-refractivity contribution is -0.144. The van der Waals surface area contributed by atoms with E-state index in [1.54, 1.807) is 7.11 Å². The predicted molar refractivity (Wildman–Crippen MR) is 81.5 cm³/mol. The van der Waals surface area contributed by atoms with Crippen molar-refractivity contribution in [3.05, 3.63) is 29.8 Å². The topological polar surface area (TPSA) is 44.8 Å². The minimum Gasteiger partial charge on any atom is -0.493 e. The highest BCUT2D eigenvalue weighted by molar-refractivity contribution is 5.72. The van der Waals surface area contributed by atoms with Gasteiger partial charge in [-0.05, 0) is 56.0 Å². The molecule has 0 aliphatic heterocycles. The lowest BCUT2D eigenvalue weighted by Gasteiger charge is -2.14. The van der Waals surface area contributed by atoms with Crippen LogP contribution in [-0.4, -0.2) is 25.3 Å². The lowest BCUT2D eigenvalue weighted by Crippen LogP contribution is -2.10. The van der Waals surface area contributed by atoms with Crippen molar-refractivity contribution in [1.82, 2.24) is 0 Å². The van der Waals surface area contributed by atoms with E-state index in [9.17, 15) is 4.79 Å². The third-order valence-electron chi connectivity index (χ3n) is 3.30. The van der Waals surface area contributed by atoms with Crippen LogP contribution in [0.5, 0.6) is 11.5 Å². The summed E-state index contributed by atoms with van der Waals surface area (Å²) in [5, 5.41) is 0. The molecule has 0 heterocycles. The molecule has 1 aliphatic rings. The van der Waals surface area contributed by atoms with Crippen LogP contribution in [0.3, 0.4) is 0 Å². The van der Waals surface area contributed by atoms with Crippen LogP contribution in [0.25, 0.3) is 5.57 Å². The maximum absolute atomic E-state index is 11.0. The molecular formula is C17H22O4. The van der Waals surface area contributed by atoms with E-state index in [2.05, 4.69) is 0 Å². The smallest absolute Gasteiger partial charge is 0.303 e. The molecule has 21 heavy (non-hydrogen) atoms. The zero-order valence-corrected chi connectivity index (χ0v) is 13.0. The average Bonchev–Trinajstić information content (AvgIpc) is 2.86. The summed E-state index contributed by atoms with van der Waals surface area (Å²) in [7, 11) is 1.64. The highest BCUT2D eigenvalue weighted by Gasteiger charge is 2.20. The minimum absolute atomic E-state index is 0.101. The SMILES string of the molecule is COc1cc(C2=CC(OC(C)=O)CC2)ccc1OC(C)C. The number of ether oxygens (including phenoxy) is 3. The largest absolute Gasteiger partial charge is 0.493 e. The van der Waals surface area contributed by atoms with Crippen LogP contribution in [0.4, 0.5) is 0 Å². The first-order chi connectivity index (χ1) is 9.99. The second-order valence-electron chi connectivity index (χ2n) is 5.41. The second kappa shape index (κ2) is 6.66. The Bertz CT molecular complexity index is 546. The second-order valence-corrected chi connectivity index (χ2v) is 5.41. The maximum atomic E-state index is 11.0. The summed E-state index contributed by atoms with van der Waals surface area (Å²) in [5.74, 6) is 1.22. The van der Waals surface area contributed by atoms with E-state index in [1.807, 2.05) is 38.1 Å². The Balaban J connectivity index is 2.19. The van der Waals surface area contributed by atoms with Crippen LogP contribution in [0.1, 0.15) is 39.2 Å². The maximum Gasteiger partial charge on any atom is 0.303 e. The van der Waals surface area contributed by atoms with Crippen molar-refractivity contribution in [2.24, 2.45) is 0 Å². The van der Waals surface area contributed by atoms with Crippen LogP contribution >= 0.6 is 0 Å². The quantitative estimate of drug-likeness (QED) is 0.777. The van der Waals surface area contributed by atoms with E-state index in [4.69, 9.17) is 14.2 Å². The van der Waals surface area contributed by atoms with Crippen molar-refractivity contribution in [3.63, 3.8) is 0 Å². The molecule has 0 spiro atoms. The Morgan fingerprint density at radius 2 is 2.05 bits per heavy atom. The minimum atomic E-state index is -0.240. The first-order valence-corrected chi connectivity index (χ1v) is 7.22. The van der Waals surface area contributed by atoms with Gasteiger partial charge in [0.15, 0.2) is 11.5 Å². The number of allylic oxidation sites excluding steroid dienone is 1. The number of carbonyl (C=O) groups excluding carboxylic acids is 1. The van der Waals surface area contributed by atoms with Crippen LogP contribution < -0.4 is 9.47 Å². The van der Waals surface area contributed by atoms with Crippen LogP contribution in [0, 0.1) is 0 Å². The van der Waals surface area contributed by atoms with E-state index in [-0.39, 0.29) is 18.2 Å². The van der Waals surface area contributed by atoms with Crippen molar-refractivity contribution in [2.45, 2.75) is 45.8 Å². The first-order valence-electron chi connectivity index (χ1n) is 7.22. The fourth-order valence-electron chi connectivity index (χ4n) is 2.45. The number of methoxy groups -OCH3 is 1. The molecule has 1 aromatic carbocycles. The van der Waals surface area contributed by atoms with Gasteiger partial charge in [-0.15, -0.1) is 0 Å². The van der Waals surface area contributed by atoms with E-state index in [0.29, 0.717) is 0 Å². The molecule has 0 amide bonds. The highest BCUT2D eigenvalue weighted by atomic mass is 16.5. The molecule has 0 N–H and O–H groups in total. The number of carbonyl (C=O) groups is 1. The summed E-state index contributed by atoms with van der Waals surface area (Å²) in [4.78, 5) is 11.0. The van der Waals surface area contributed by atoms with Crippen molar-refractivity contribution in [2.75, 3.05) is 7.11 Å². The monoisotopic (exact) mass is 290 g/mol. The molecule has 2 rings (SSSR count). The predicted octanol–water partition coefficient (Wildman–Crippen LogP) is 3.59. The molecule has 0 aromatic heterocycles. The van der Waals surface area contributed by atoms with Crippen molar-refractivity contribution in [1.29, 1.82) is 0 Å². The van der Waals surface area contributed by atoms with Gasteiger partial charge in [0.05, 0.1) is 13.2 Å². The molecular weight excluding hydrogens is 268 g/mol. The van der Waals surface area contributed by atoms with Gasteiger partial charge in [0.25, 0.3) is 0 Å². The number of rotatable bonds is 5. The highest BCUT2D eigenvalue weighted by Crippen LogP contribution is 2.35. The molecule has 1 unspecified atom stereocenters. The molecule has 0 radical (unpaired) electrons. The molecule has 1 atom stereocenters. The van der Waals surface area contributed by atoms with Gasteiger partial charge in [0.1, 0.15) is 6.10 Å². The Morgan fingerprint density at radius 3 is 2.67 bits per heavy atom. The van der Waals surface area contributed by atoms with E-state index >= 15 is 0 Å². The third-order valence-corrected chi connectivity index (χ3v) is 3.30. The number of benzene rings is 1. The summed E-state index contributed by atoms with van der Waals surface area (Å²) < 4.78 is 16.3. The van der Waals surface area contributed by atoms with Gasteiger partial charge in [-0.3, -0.25) is 4.79 Å². The molecule has 0 bridgehead atoms. The number of hydrogen-bond donors (Lipinski definition) is 0. The van der Waals surface area contributed by atoms with E-state index < -0.39 is 0 Å². The molecule has 0 saturated heterocycles. The summed E-state index contributed by atoms with van der Waals surface area (Å²) in [5.41, 5.74) is 2.26. The molecule has 114 valence electrons. The summed E-state index contributed by atoms with van der Waals surface area (Å²) in [6.45, 7) is 5.40. The number of esters is 1. The standard InChI is InChI=1S/C17H22O4/c1-11(2)20-16-8-6-14(10-17(16)19-4)13-5-7-15(9-13)21-12(3)18/h6,8-11,15H,5,7H2,1-4H3. The van der Waals surface area contributed by atoms with Crippen molar-refractivity contribution in [3.8, 4) is 11.5 Å². The molecule has 1 aromatic rings. The fraction of sp³-hybridized carbons (Fsp3) is 0.471. The van der Waals surface area contributed by atoms with Crippen LogP contribution in [0.15, 0.2) is 24.3 Å². The zero-order valence-electron chi connectivity index (χ0n) is 13.0. The first kappa shape index (κ1) is 15.4. The van der Waals surface area contributed by atoms with Gasteiger partial charge >= 0.3 is 5.97 Å². The Hall–Kier alpha value is -1.97. The molecule has 1 aliphatic carbocycles. The Kier molecular flexibility index (Phi) is 4.89. The van der Waals surface area contributed by atoms with Crippen LogP contribution in [-0.2, 0) is 9.53 Å². The van der Waals surface area contributed by atoms with Gasteiger partial charge < -0.3 is 14.2 Å². The zero-order chi connectivity index (χ0) is 15.4. The number of hydrogen-bond acceptors (Lipinski definition) is 4. The van der Waals surface area contributed by atoms with Gasteiger partial charge in [0, 0.05) is 6.92 Å². The van der Waals surface area contributed by atoms with Gasteiger partial charge in [0.2, 0.25) is 0 Å². The summed E-state index contributed by atoms with van der Waals surface area (Å²) in [6.07, 6.45) is 3.73.